The molecular formula is C12H21N3O3. The number of amides is 2. The number of ether oxygens (including phenoxy) is 1. The summed E-state index contributed by atoms with van der Waals surface area (Å²) in [5.41, 5.74) is -0.229. The van der Waals surface area contributed by atoms with E-state index in [4.69, 9.17) is 4.74 Å². The lowest BCUT2D eigenvalue weighted by Crippen LogP contribution is -2.59. The second-order valence-electron chi connectivity index (χ2n) is 5.43. The second-order valence-corrected chi connectivity index (χ2v) is 5.43. The third-order valence-corrected chi connectivity index (χ3v) is 3.29. The van der Waals surface area contributed by atoms with E-state index in [-0.39, 0.29) is 30.6 Å². The zero-order valence-electron chi connectivity index (χ0n) is 11.0. The summed E-state index contributed by atoms with van der Waals surface area (Å²) in [4.78, 5) is 24.7. The maximum Gasteiger partial charge on any atom is 0.248 e. The van der Waals surface area contributed by atoms with Crippen molar-refractivity contribution in [3.05, 3.63) is 0 Å². The summed E-state index contributed by atoms with van der Waals surface area (Å²) in [5.74, 6) is -0.251. The van der Waals surface area contributed by atoms with Crippen LogP contribution in [-0.2, 0) is 14.3 Å². The summed E-state index contributed by atoms with van der Waals surface area (Å²) < 4.78 is 5.54. The Labute approximate surface area is 107 Å². The van der Waals surface area contributed by atoms with E-state index in [9.17, 15) is 9.59 Å². The van der Waals surface area contributed by atoms with Gasteiger partial charge >= 0.3 is 0 Å². The number of likely N-dealkylation sites (N-methyl/N-ethyl adjacent to an activating group) is 1. The summed E-state index contributed by atoms with van der Waals surface area (Å²) in [6.07, 6.45) is 2.11. The molecule has 2 rings (SSSR count). The highest BCUT2D eigenvalue weighted by Crippen LogP contribution is 2.18. The van der Waals surface area contributed by atoms with Crippen LogP contribution in [0.15, 0.2) is 0 Å². The van der Waals surface area contributed by atoms with Crippen molar-refractivity contribution in [2.75, 3.05) is 33.3 Å². The fourth-order valence-corrected chi connectivity index (χ4v) is 1.73. The Morgan fingerprint density at radius 3 is 2.61 bits per heavy atom. The molecule has 0 aromatic heterocycles. The van der Waals surface area contributed by atoms with Gasteiger partial charge in [-0.25, -0.2) is 0 Å². The second kappa shape index (κ2) is 5.24. The molecule has 0 atom stereocenters. The fraction of sp³-hybridized carbons (Fsp3) is 0.833. The first kappa shape index (κ1) is 13.3. The quantitative estimate of drug-likeness (QED) is 0.645. The Kier molecular flexibility index (Phi) is 3.87. The number of carbonyl (C=O) groups excluding carboxylic acids is 2. The molecule has 1 saturated heterocycles. The zero-order valence-corrected chi connectivity index (χ0v) is 11.0. The normalized spacial score (nSPS) is 21.0. The minimum atomic E-state index is -0.229. The van der Waals surface area contributed by atoms with Gasteiger partial charge in [-0.3, -0.25) is 9.59 Å². The molecule has 2 fully saturated rings. The number of nitrogens with one attached hydrogen (secondary N) is 2. The number of carbonyl (C=O) groups is 2. The maximum absolute atomic E-state index is 11.8. The van der Waals surface area contributed by atoms with Crippen LogP contribution in [0.1, 0.15) is 19.8 Å². The molecule has 0 aromatic carbocycles. The van der Waals surface area contributed by atoms with Crippen molar-refractivity contribution in [3.8, 4) is 0 Å². The van der Waals surface area contributed by atoms with E-state index in [0.29, 0.717) is 6.04 Å². The minimum absolute atomic E-state index is 0.0331. The van der Waals surface area contributed by atoms with Crippen LogP contribution in [0.5, 0.6) is 0 Å². The van der Waals surface area contributed by atoms with Crippen LogP contribution in [0.3, 0.4) is 0 Å². The summed E-state index contributed by atoms with van der Waals surface area (Å²) >= 11 is 0. The summed E-state index contributed by atoms with van der Waals surface area (Å²) in [5, 5.41) is 5.95. The van der Waals surface area contributed by atoms with Gasteiger partial charge in [0.2, 0.25) is 11.8 Å². The first-order valence-electron chi connectivity index (χ1n) is 6.36. The molecule has 2 amide bonds. The topological polar surface area (TPSA) is 70.7 Å². The van der Waals surface area contributed by atoms with E-state index in [1.165, 1.54) is 4.90 Å². The van der Waals surface area contributed by atoms with Gasteiger partial charge in [0.15, 0.2) is 0 Å². The van der Waals surface area contributed by atoms with Gasteiger partial charge in [-0.05, 0) is 19.8 Å². The fourth-order valence-electron chi connectivity index (χ4n) is 1.73. The highest BCUT2D eigenvalue weighted by atomic mass is 16.5. The van der Waals surface area contributed by atoms with Crippen LogP contribution in [0.4, 0.5) is 0 Å². The molecule has 18 heavy (non-hydrogen) atoms. The van der Waals surface area contributed by atoms with Gasteiger partial charge in [0.05, 0.1) is 12.1 Å². The van der Waals surface area contributed by atoms with Crippen molar-refractivity contribution in [3.63, 3.8) is 0 Å². The highest BCUT2D eigenvalue weighted by Gasteiger charge is 2.33. The van der Waals surface area contributed by atoms with E-state index >= 15 is 0 Å². The van der Waals surface area contributed by atoms with Crippen LogP contribution in [0.2, 0.25) is 0 Å². The summed E-state index contributed by atoms with van der Waals surface area (Å²) in [6, 6.07) is 0.331. The predicted molar refractivity (Wildman–Crippen MR) is 66.0 cm³/mol. The monoisotopic (exact) mass is 255 g/mol. The lowest BCUT2D eigenvalue weighted by Gasteiger charge is -2.39. The smallest absolute Gasteiger partial charge is 0.248 e. The van der Waals surface area contributed by atoms with Gasteiger partial charge in [-0.15, -0.1) is 0 Å². The van der Waals surface area contributed by atoms with E-state index in [1.807, 2.05) is 6.92 Å². The van der Waals surface area contributed by atoms with Crippen molar-refractivity contribution < 1.29 is 14.3 Å². The van der Waals surface area contributed by atoms with Crippen molar-refractivity contribution in [2.45, 2.75) is 31.4 Å². The number of nitrogens with zero attached hydrogens (tertiary/aromatic N) is 1. The molecule has 1 heterocycles. The van der Waals surface area contributed by atoms with E-state index in [1.54, 1.807) is 7.05 Å². The average molecular weight is 255 g/mol. The largest absolute Gasteiger partial charge is 0.363 e. The van der Waals surface area contributed by atoms with Crippen LogP contribution in [-0.4, -0.2) is 61.6 Å². The lowest BCUT2D eigenvalue weighted by molar-refractivity contribution is -0.146. The molecule has 2 N–H and O–H groups in total. The minimum Gasteiger partial charge on any atom is -0.363 e. The molecule has 6 nitrogen and oxygen atoms in total. The maximum atomic E-state index is 11.8. The van der Waals surface area contributed by atoms with Crippen LogP contribution >= 0.6 is 0 Å². The lowest BCUT2D eigenvalue weighted by atomic mass is 10.0. The third kappa shape index (κ3) is 3.68. The molecule has 2 aliphatic rings. The first-order valence-corrected chi connectivity index (χ1v) is 6.36. The van der Waals surface area contributed by atoms with Crippen LogP contribution < -0.4 is 10.6 Å². The molecule has 0 spiro atoms. The molecule has 102 valence electrons. The Balaban J connectivity index is 1.65. The number of hydrogen-bond acceptors (Lipinski definition) is 4. The van der Waals surface area contributed by atoms with Crippen molar-refractivity contribution in [2.24, 2.45) is 0 Å². The average Bonchev–Trinajstić information content (AvgIpc) is 3.06. The van der Waals surface area contributed by atoms with E-state index in [2.05, 4.69) is 10.6 Å². The van der Waals surface area contributed by atoms with Gasteiger partial charge in [-0.2, -0.15) is 0 Å². The Morgan fingerprint density at radius 2 is 2.11 bits per heavy atom. The number of rotatable bonds is 6. The first-order chi connectivity index (χ1) is 8.48. The molecule has 6 heteroatoms. The Hall–Kier alpha value is -1.14. The molecule has 1 saturated carbocycles. The molecule has 0 aromatic rings. The SMILES string of the molecule is CN(CC(=O)NC1CC1)C(=O)COC1(C)CNC1. The van der Waals surface area contributed by atoms with Crippen LogP contribution in [0.25, 0.3) is 0 Å². The van der Waals surface area contributed by atoms with Crippen molar-refractivity contribution in [1.82, 2.24) is 15.5 Å². The standard InChI is InChI=1S/C12H21N3O3/c1-12(7-13-8-12)18-6-11(17)15(2)5-10(16)14-9-3-4-9/h9,13H,3-8H2,1-2H3,(H,14,16). The number of hydrogen-bond donors (Lipinski definition) is 2. The predicted octanol–water partition coefficient (Wildman–Crippen LogP) is -0.898. The highest BCUT2D eigenvalue weighted by molar-refractivity contribution is 5.85. The Bertz CT molecular complexity index is 337. The third-order valence-electron chi connectivity index (χ3n) is 3.29. The zero-order chi connectivity index (χ0) is 13.2. The molecule has 0 unspecified atom stereocenters. The van der Waals surface area contributed by atoms with Gasteiger partial charge in [-0.1, -0.05) is 0 Å². The molecule has 1 aliphatic carbocycles. The van der Waals surface area contributed by atoms with Crippen molar-refractivity contribution >= 4 is 11.8 Å². The van der Waals surface area contributed by atoms with Crippen molar-refractivity contribution in [1.29, 1.82) is 0 Å². The van der Waals surface area contributed by atoms with Crippen LogP contribution in [0, 0.1) is 0 Å². The molecule has 1 aliphatic heterocycles. The summed E-state index contributed by atoms with van der Waals surface area (Å²) in [6.45, 7) is 3.65. The van der Waals surface area contributed by atoms with Gasteiger partial charge in [0.1, 0.15) is 6.61 Å². The van der Waals surface area contributed by atoms with Gasteiger partial charge in [0.25, 0.3) is 0 Å². The van der Waals surface area contributed by atoms with E-state index in [0.717, 1.165) is 25.9 Å². The molecule has 0 radical (unpaired) electrons. The molecular weight excluding hydrogens is 234 g/mol. The van der Waals surface area contributed by atoms with E-state index < -0.39 is 0 Å². The Morgan fingerprint density at radius 1 is 1.44 bits per heavy atom. The molecule has 0 bridgehead atoms. The van der Waals surface area contributed by atoms with Gasteiger partial charge in [0, 0.05) is 26.2 Å². The van der Waals surface area contributed by atoms with Gasteiger partial charge < -0.3 is 20.3 Å². The summed E-state index contributed by atoms with van der Waals surface area (Å²) in [7, 11) is 1.62.